The molecule has 0 fully saturated rings. The van der Waals surface area contributed by atoms with Crippen LogP contribution in [-0.4, -0.2) is 37.4 Å². The van der Waals surface area contributed by atoms with Gasteiger partial charge >= 0.3 is 5.97 Å². The molecule has 0 aliphatic carbocycles. The summed E-state index contributed by atoms with van der Waals surface area (Å²) in [6.07, 6.45) is -0.152. The predicted octanol–water partition coefficient (Wildman–Crippen LogP) is 5.80. The van der Waals surface area contributed by atoms with Gasteiger partial charge in [0, 0.05) is 12.6 Å². The third kappa shape index (κ3) is 4.53. The molecule has 0 saturated heterocycles. The summed E-state index contributed by atoms with van der Waals surface area (Å²) in [7, 11) is 1.59. The number of rotatable bonds is 7. The highest BCUT2D eigenvalue weighted by atomic mass is 16.5. The van der Waals surface area contributed by atoms with Crippen molar-refractivity contribution >= 4 is 28.1 Å². The third-order valence-electron chi connectivity index (χ3n) is 6.49. The number of hydrogen-bond acceptors (Lipinski definition) is 5. The molecule has 1 unspecified atom stereocenters. The molecule has 6 nitrogen and oxygen atoms in total. The number of para-hydroxylation sites is 2. The third-order valence-corrected chi connectivity index (χ3v) is 6.49. The van der Waals surface area contributed by atoms with E-state index in [0.717, 1.165) is 11.4 Å². The molecule has 1 aliphatic rings. The van der Waals surface area contributed by atoms with Crippen molar-refractivity contribution in [3.05, 3.63) is 96.1 Å². The Morgan fingerprint density at radius 1 is 1.06 bits per heavy atom. The normalized spacial score (nSPS) is 15.8. The molecule has 4 aromatic rings. The van der Waals surface area contributed by atoms with E-state index in [1.54, 1.807) is 25.3 Å². The van der Waals surface area contributed by atoms with Crippen LogP contribution in [0, 0.1) is 0 Å². The number of nitrogens with one attached hydrogen (secondary N) is 1. The molecule has 5 rings (SSSR count). The van der Waals surface area contributed by atoms with E-state index in [1.807, 2.05) is 24.3 Å². The van der Waals surface area contributed by atoms with Crippen molar-refractivity contribution in [1.29, 1.82) is 0 Å². The molecule has 6 heteroatoms. The van der Waals surface area contributed by atoms with E-state index in [4.69, 9.17) is 9.47 Å². The molecule has 0 bridgehead atoms. The van der Waals surface area contributed by atoms with Gasteiger partial charge in [-0.15, -0.1) is 0 Å². The van der Waals surface area contributed by atoms with Crippen molar-refractivity contribution in [3.63, 3.8) is 0 Å². The Balaban J connectivity index is 1.41. The zero-order valence-electron chi connectivity index (χ0n) is 19.8. The molecular formula is C29H28N2O4. The van der Waals surface area contributed by atoms with Gasteiger partial charge in [0.25, 0.3) is 0 Å². The number of anilines is 2. The summed E-state index contributed by atoms with van der Waals surface area (Å²) in [5, 5.41) is 15.7. The molecule has 2 N–H and O–H groups in total. The van der Waals surface area contributed by atoms with Crippen LogP contribution in [0.2, 0.25) is 0 Å². The summed E-state index contributed by atoms with van der Waals surface area (Å²) in [5.74, 6) is 0.395. The highest BCUT2D eigenvalue weighted by Crippen LogP contribution is 2.42. The molecule has 2 atom stereocenters. The number of aromatic carboxylic acids is 1. The van der Waals surface area contributed by atoms with E-state index in [2.05, 4.69) is 59.6 Å². The largest absolute Gasteiger partial charge is 0.495 e. The van der Waals surface area contributed by atoms with Gasteiger partial charge in [0.2, 0.25) is 0 Å². The van der Waals surface area contributed by atoms with Crippen LogP contribution in [0.1, 0.15) is 28.9 Å². The summed E-state index contributed by atoms with van der Waals surface area (Å²) in [5.41, 5.74) is 3.04. The smallest absolute Gasteiger partial charge is 0.335 e. The average molecular weight is 469 g/mol. The molecule has 0 spiro atoms. The number of carboxylic acid groups (broad SMARTS) is 1. The minimum atomic E-state index is -0.974. The number of hydrogen-bond donors (Lipinski definition) is 2. The van der Waals surface area contributed by atoms with Gasteiger partial charge in [-0.2, -0.15) is 0 Å². The van der Waals surface area contributed by atoms with Gasteiger partial charge in [-0.25, -0.2) is 4.79 Å². The van der Waals surface area contributed by atoms with Crippen molar-refractivity contribution in [1.82, 2.24) is 5.32 Å². The molecule has 0 saturated carbocycles. The first-order valence-corrected chi connectivity index (χ1v) is 11.7. The summed E-state index contributed by atoms with van der Waals surface area (Å²) in [6, 6.07) is 27.6. The Hall–Kier alpha value is -4.03. The maximum Gasteiger partial charge on any atom is 0.335 e. The second kappa shape index (κ2) is 9.68. The van der Waals surface area contributed by atoms with Crippen LogP contribution in [0.3, 0.4) is 0 Å². The Morgan fingerprint density at radius 3 is 2.66 bits per heavy atom. The molecule has 178 valence electrons. The van der Waals surface area contributed by atoms with E-state index in [0.29, 0.717) is 24.5 Å². The summed E-state index contributed by atoms with van der Waals surface area (Å²) in [4.78, 5) is 13.7. The average Bonchev–Trinajstić information content (AvgIpc) is 2.90. The Morgan fingerprint density at radius 2 is 1.83 bits per heavy atom. The van der Waals surface area contributed by atoms with E-state index in [-0.39, 0.29) is 17.7 Å². The Kier molecular flexibility index (Phi) is 6.29. The number of methoxy groups -OCH3 is 1. The van der Waals surface area contributed by atoms with Gasteiger partial charge in [-0.3, -0.25) is 0 Å². The van der Waals surface area contributed by atoms with Gasteiger partial charge in [-0.05, 0) is 53.6 Å². The number of fused-ring (bicyclic) bond motifs is 2. The number of carboxylic acids is 1. The van der Waals surface area contributed by atoms with Crippen molar-refractivity contribution in [2.45, 2.75) is 19.1 Å². The fourth-order valence-electron chi connectivity index (χ4n) is 4.71. The van der Waals surface area contributed by atoms with Crippen LogP contribution < -0.4 is 19.7 Å². The predicted molar refractivity (Wildman–Crippen MR) is 138 cm³/mol. The van der Waals surface area contributed by atoms with E-state index in [9.17, 15) is 9.90 Å². The first-order chi connectivity index (χ1) is 17.0. The summed E-state index contributed by atoms with van der Waals surface area (Å²) < 4.78 is 11.9. The zero-order valence-corrected chi connectivity index (χ0v) is 19.8. The van der Waals surface area contributed by atoms with E-state index >= 15 is 0 Å². The second-order valence-corrected chi connectivity index (χ2v) is 8.71. The topological polar surface area (TPSA) is 71.0 Å². The van der Waals surface area contributed by atoms with Crippen LogP contribution in [-0.2, 0) is 0 Å². The first kappa shape index (κ1) is 22.7. The van der Waals surface area contributed by atoms with E-state index in [1.165, 1.54) is 16.3 Å². The number of nitrogens with zero attached hydrogens (tertiary/aromatic N) is 1. The van der Waals surface area contributed by atoms with Crippen LogP contribution in [0.15, 0.2) is 84.9 Å². The fourth-order valence-corrected chi connectivity index (χ4v) is 4.71. The van der Waals surface area contributed by atoms with Crippen LogP contribution in [0.4, 0.5) is 11.4 Å². The molecule has 0 amide bonds. The van der Waals surface area contributed by atoms with E-state index < -0.39 is 5.97 Å². The highest BCUT2D eigenvalue weighted by Gasteiger charge is 2.29. The molecule has 35 heavy (non-hydrogen) atoms. The highest BCUT2D eigenvalue weighted by molar-refractivity contribution is 5.90. The minimum absolute atomic E-state index is 0.125. The van der Waals surface area contributed by atoms with Gasteiger partial charge in [-0.1, -0.05) is 54.6 Å². The maximum atomic E-state index is 11.7. The Labute approximate surface area is 204 Å². The Bertz CT molecular complexity index is 1360. The lowest BCUT2D eigenvalue weighted by atomic mass is 9.99. The van der Waals surface area contributed by atoms with Gasteiger partial charge in [0.15, 0.2) is 0 Å². The van der Waals surface area contributed by atoms with Crippen molar-refractivity contribution in [2.24, 2.45) is 0 Å². The number of benzene rings is 4. The zero-order chi connectivity index (χ0) is 24.4. The molecule has 0 radical (unpaired) electrons. The van der Waals surface area contributed by atoms with Crippen molar-refractivity contribution in [3.8, 4) is 11.5 Å². The first-order valence-electron chi connectivity index (χ1n) is 11.7. The number of ether oxygens (including phenoxy) is 2. The molecule has 4 aromatic carbocycles. The lowest BCUT2D eigenvalue weighted by Gasteiger charge is -2.37. The van der Waals surface area contributed by atoms with Gasteiger partial charge < -0.3 is 24.8 Å². The summed E-state index contributed by atoms with van der Waals surface area (Å²) >= 11 is 0. The molecule has 1 heterocycles. The molecule has 0 aromatic heterocycles. The molecule has 1 aliphatic heterocycles. The summed E-state index contributed by atoms with van der Waals surface area (Å²) in [6.45, 7) is 3.33. The van der Waals surface area contributed by atoms with Gasteiger partial charge in [0.1, 0.15) is 17.6 Å². The monoisotopic (exact) mass is 468 g/mol. The standard InChI is InChI=1S/C29H28N2O4/c1-19(23-11-7-9-20-8-3-4-10-24(20)23)30-17-22-18-31(25-12-5-6-13-28(25)35-22)26-16-21(29(32)33)14-15-27(26)34-2/h3-16,19,22,30H,17-18H2,1-2H3,(H,32,33)/t19-,22?/m1/s1. The lowest BCUT2D eigenvalue weighted by molar-refractivity contribution is 0.0697. The minimum Gasteiger partial charge on any atom is -0.495 e. The number of carbonyl (C=O) groups is 1. The van der Waals surface area contributed by atoms with Gasteiger partial charge in [0.05, 0.1) is 30.6 Å². The fraction of sp³-hybridized carbons (Fsp3) is 0.207. The second-order valence-electron chi connectivity index (χ2n) is 8.71. The van der Waals surface area contributed by atoms with Crippen LogP contribution in [0.25, 0.3) is 10.8 Å². The van der Waals surface area contributed by atoms with Crippen molar-refractivity contribution < 1.29 is 19.4 Å². The van der Waals surface area contributed by atoms with Crippen LogP contribution in [0.5, 0.6) is 11.5 Å². The SMILES string of the molecule is COc1ccc(C(=O)O)cc1N1CC(CN[C@H](C)c2cccc3ccccc23)Oc2ccccc21. The van der Waals surface area contributed by atoms with Crippen molar-refractivity contribution in [2.75, 3.05) is 25.1 Å². The van der Waals surface area contributed by atoms with Crippen LogP contribution >= 0.6 is 0 Å². The lowest BCUT2D eigenvalue weighted by Crippen LogP contribution is -2.44. The quantitative estimate of drug-likeness (QED) is 0.357. The molecular weight excluding hydrogens is 440 g/mol. The maximum absolute atomic E-state index is 11.7.